The Bertz CT molecular complexity index is 404. The van der Waals surface area contributed by atoms with E-state index in [0.29, 0.717) is 9.13 Å². The van der Waals surface area contributed by atoms with Gasteiger partial charge in [0.1, 0.15) is 5.69 Å². The maximum Gasteiger partial charge on any atom is 0.280 e. The highest BCUT2D eigenvalue weighted by molar-refractivity contribution is 14.1. The zero-order chi connectivity index (χ0) is 11.4. The molecule has 0 bridgehead atoms. The molecule has 6 heteroatoms. The van der Waals surface area contributed by atoms with Crippen LogP contribution in [-0.4, -0.2) is 4.98 Å². The van der Waals surface area contributed by atoms with E-state index in [-0.39, 0.29) is 23.6 Å². The molecule has 0 aliphatic rings. The van der Waals surface area contributed by atoms with Crippen LogP contribution in [0.4, 0.5) is 8.78 Å². The van der Waals surface area contributed by atoms with Gasteiger partial charge in [-0.3, -0.25) is 4.98 Å². The van der Waals surface area contributed by atoms with Crippen molar-refractivity contribution in [1.82, 2.24) is 4.98 Å². The molecule has 15 heavy (non-hydrogen) atoms. The average molecular weight is 343 g/mol. The summed E-state index contributed by atoms with van der Waals surface area (Å²) in [5, 5.41) is 8.59. The van der Waals surface area contributed by atoms with Gasteiger partial charge in [-0.1, -0.05) is 0 Å². The minimum atomic E-state index is -2.66. The van der Waals surface area contributed by atoms with Crippen LogP contribution in [0, 0.1) is 14.9 Å². The summed E-state index contributed by atoms with van der Waals surface area (Å²) in [5.74, 6) is -0.0550. The van der Waals surface area contributed by atoms with E-state index in [4.69, 9.17) is 16.9 Å². The molecule has 0 aromatic carbocycles. The fourth-order valence-electron chi connectivity index (χ4n) is 1.19. The highest BCUT2D eigenvalue weighted by atomic mass is 127. The molecule has 0 aliphatic heterocycles. The third-order valence-corrected chi connectivity index (χ3v) is 3.07. The maximum atomic E-state index is 12.6. The van der Waals surface area contributed by atoms with Crippen molar-refractivity contribution in [3.8, 4) is 6.07 Å². The van der Waals surface area contributed by atoms with Crippen molar-refractivity contribution < 1.29 is 8.78 Å². The minimum Gasteiger partial charge on any atom is -0.254 e. The molecular formula is C9H6ClF2IN2. The normalized spacial score (nSPS) is 10.4. The minimum absolute atomic E-state index is 0.0550. The number of nitriles is 1. The molecule has 0 spiro atoms. The van der Waals surface area contributed by atoms with Gasteiger partial charge < -0.3 is 0 Å². The van der Waals surface area contributed by atoms with Crippen LogP contribution in [0.3, 0.4) is 0 Å². The van der Waals surface area contributed by atoms with Crippen molar-refractivity contribution in [2.75, 3.05) is 0 Å². The Hall–Kier alpha value is -0.480. The number of hydrogen-bond donors (Lipinski definition) is 0. The molecule has 0 aliphatic carbocycles. The summed E-state index contributed by atoms with van der Waals surface area (Å²) in [7, 11) is 0. The van der Waals surface area contributed by atoms with Crippen molar-refractivity contribution in [2.45, 2.75) is 18.7 Å². The summed E-state index contributed by atoms with van der Waals surface area (Å²) in [6.45, 7) is 0. The van der Waals surface area contributed by atoms with Gasteiger partial charge in [0.25, 0.3) is 6.43 Å². The number of nitrogens with zero attached hydrogens (tertiary/aromatic N) is 2. The summed E-state index contributed by atoms with van der Waals surface area (Å²) in [6, 6.07) is 1.93. The molecule has 1 heterocycles. The van der Waals surface area contributed by atoms with Crippen LogP contribution in [-0.2, 0) is 12.3 Å². The van der Waals surface area contributed by atoms with Crippen LogP contribution >= 0.6 is 34.2 Å². The predicted octanol–water partition coefficient (Wildman–Crippen LogP) is 3.43. The van der Waals surface area contributed by atoms with E-state index in [0.717, 1.165) is 0 Å². The van der Waals surface area contributed by atoms with E-state index < -0.39 is 6.43 Å². The molecular weight excluding hydrogens is 336 g/mol. The fourth-order valence-corrected chi connectivity index (χ4v) is 2.14. The first kappa shape index (κ1) is 12.6. The lowest BCUT2D eigenvalue weighted by atomic mass is 10.1. The molecule has 0 radical (unpaired) electrons. The lowest BCUT2D eigenvalue weighted by Crippen LogP contribution is -2.04. The summed E-state index contributed by atoms with van der Waals surface area (Å²) >= 11 is 7.56. The van der Waals surface area contributed by atoms with E-state index in [2.05, 4.69) is 4.98 Å². The largest absolute Gasteiger partial charge is 0.280 e. The highest BCUT2D eigenvalue weighted by Crippen LogP contribution is 2.27. The third-order valence-electron chi connectivity index (χ3n) is 1.87. The molecule has 80 valence electrons. The molecule has 1 rings (SSSR count). The Morgan fingerprint density at radius 1 is 1.53 bits per heavy atom. The Morgan fingerprint density at radius 2 is 2.20 bits per heavy atom. The van der Waals surface area contributed by atoms with Gasteiger partial charge in [-0.15, -0.1) is 11.6 Å². The van der Waals surface area contributed by atoms with Gasteiger partial charge in [0.15, 0.2) is 0 Å². The Balaban J connectivity index is 3.34. The first-order valence-electron chi connectivity index (χ1n) is 3.99. The van der Waals surface area contributed by atoms with Crippen LogP contribution in [0.2, 0.25) is 0 Å². The fraction of sp³-hybridized carbons (Fsp3) is 0.333. The van der Waals surface area contributed by atoms with Crippen LogP contribution in [0.25, 0.3) is 0 Å². The summed E-state index contributed by atoms with van der Waals surface area (Å²) in [4.78, 5) is 3.64. The lowest BCUT2D eigenvalue weighted by molar-refractivity contribution is 0.145. The van der Waals surface area contributed by atoms with E-state index >= 15 is 0 Å². The second kappa shape index (κ2) is 5.56. The van der Waals surface area contributed by atoms with E-state index in [1.807, 2.05) is 28.7 Å². The number of halogens is 4. The molecule has 0 N–H and O–H groups in total. The number of pyridine rings is 1. The monoisotopic (exact) mass is 342 g/mol. The van der Waals surface area contributed by atoms with Crippen molar-refractivity contribution in [1.29, 1.82) is 5.26 Å². The van der Waals surface area contributed by atoms with Gasteiger partial charge in [-0.2, -0.15) is 5.26 Å². The van der Waals surface area contributed by atoms with Gasteiger partial charge in [0.2, 0.25) is 0 Å². The molecule has 1 aromatic heterocycles. The Morgan fingerprint density at radius 3 is 2.67 bits per heavy atom. The number of hydrogen-bond acceptors (Lipinski definition) is 2. The van der Waals surface area contributed by atoms with Crippen molar-refractivity contribution >= 4 is 34.2 Å². The first-order chi connectivity index (χ1) is 7.11. The lowest BCUT2D eigenvalue weighted by Gasteiger charge is -2.10. The number of aromatic nitrogens is 1. The van der Waals surface area contributed by atoms with Crippen molar-refractivity contribution in [3.05, 3.63) is 26.6 Å². The molecule has 2 nitrogen and oxygen atoms in total. The molecule has 1 aromatic rings. The molecule has 0 amide bonds. The van der Waals surface area contributed by atoms with Gasteiger partial charge in [0.05, 0.1) is 12.5 Å². The maximum absolute atomic E-state index is 12.6. The Kier molecular flexibility index (Phi) is 4.67. The Labute approximate surface area is 104 Å². The van der Waals surface area contributed by atoms with Crippen LogP contribution in [0.5, 0.6) is 0 Å². The zero-order valence-electron chi connectivity index (χ0n) is 7.48. The first-order valence-corrected chi connectivity index (χ1v) is 5.60. The molecule has 0 saturated heterocycles. The van der Waals surface area contributed by atoms with Gasteiger partial charge in [-0.05, 0) is 33.7 Å². The van der Waals surface area contributed by atoms with E-state index in [1.165, 1.54) is 6.20 Å². The average Bonchev–Trinajstić information content (AvgIpc) is 2.20. The molecule has 0 saturated carbocycles. The van der Waals surface area contributed by atoms with Crippen LogP contribution in [0.1, 0.15) is 23.2 Å². The summed E-state index contributed by atoms with van der Waals surface area (Å²) < 4.78 is 25.8. The van der Waals surface area contributed by atoms with Gasteiger partial charge >= 0.3 is 0 Å². The molecule has 0 atom stereocenters. The quantitative estimate of drug-likeness (QED) is 0.623. The number of rotatable bonds is 3. The van der Waals surface area contributed by atoms with Gasteiger partial charge in [-0.25, -0.2) is 8.78 Å². The zero-order valence-corrected chi connectivity index (χ0v) is 10.4. The SMILES string of the molecule is N#CCc1c(I)cnc(C(F)F)c1CCl. The van der Waals surface area contributed by atoms with Gasteiger partial charge in [0, 0.05) is 15.6 Å². The van der Waals surface area contributed by atoms with E-state index in [9.17, 15) is 8.78 Å². The van der Waals surface area contributed by atoms with Crippen LogP contribution in [0.15, 0.2) is 6.20 Å². The topological polar surface area (TPSA) is 36.7 Å². The molecule has 0 unspecified atom stereocenters. The predicted molar refractivity (Wildman–Crippen MR) is 60.8 cm³/mol. The summed E-state index contributed by atoms with van der Waals surface area (Å²) in [6.07, 6.45) is -1.25. The summed E-state index contributed by atoms with van der Waals surface area (Å²) in [5.41, 5.74) is 0.509. The smallest absolute Gasteiger partial charge is 0.254 e. The second-order valence-electron chi connectivity index (χ2n) is 2.72. The van der Waals surface area contributed by atoms with E-state index in [1.54, 1.807) is 0 Å². The van der Waals surface area contributed by atoms with Crippen molar-refractivity contribution in [2.24, 2.45) is 0 Å². The number of alkyl halides is 3. The van der Waals surface area contributed by atoms with Crippen LogP contribution < -0.4 is 0 Å². The third kappa shape index (κ3) is 2.75. The molecule has 0 fully saturated rings. The van der Waals surface area contributed by atoms with Crippen molar-refractivity contribution in [3.63, 3.8) is 0 Å². The second-order valence-corrected chi connectivity index (χ2v) is 4.15. The standard InChI is InChI=1S/C9H6ClF2IN2/c10-3-6-5(1-2-14)7(13)4-15-8(6)9(11)12/h4,9H,1,3H2. The highest BCUT2D eigenvalue weighted by Gasteiger charge is 2.19.